The van der Waals surface area contributed by atoms with Crippen molar-refractivity contribution in [3.8, 4) is 0 Å². The zero-order valence-electron chi connectivity index (χ0n) is 16.4. The van der Waals surface area contributed by atoms with Gasteiger partial charge in [-0.05, 0) is 25.3 Å². The SMILES string of the molecule is O=C(Cn1cc(Nc2nccc(NCc3c(F)cc(F)cc3F)n2)cn1)NC1CCC1. The number of carbonyl (C=O) groups is 1. The van der Waals surface area contributed by atoms with E-state index in [2.05, 4.69) is 31.0 Å². The summed E-state index contributed by atoms with van der Waals surface area (Å²) in [4.78, 5) is 20.3. The molecule has 11 heteroatoms. The molecule has 0 bridgehead atoms. The predicted molar refractivity (Wildman–Crippen MR) is 107 cm³/mol. The topological polar surface area (TPSA) is 96.8 Å². The van der Waals surface area contributed by atoms with Gasteiger partial charge in [0.15, 0.2) is 0 Å². The highest BCUT2D eigenvalue weighted by atomic mass is 19.1. The summed E-state index contributed by atoms with van der Waals surface area (Å²) in [5, 5.41) is 12.8. The molecule has 0 saturated heterocycles. The summed E-state index contributed by atoms with van der Waals surface area (Å²) in [6.45, 7) is -0.113. The average Bonchev–Trinajstić information content (AvgIpc) is 3.11. The van der Waals surface area contributed by atoms with Crippen LogP contribution in [0, 0.1) is 17.5 Å². The molecular weight excluding hydrogens is 411 g/mol. The molecule has 1 saturated carbocycles. The van der Waals surface area contributed by atoms with E-state index in [1.165, 1.54) is 23.1 Å². The summed E-state index contributed by atoms with van der Waals surface area (Å²) < 4.78 is 42.0. The maximum absolute atomic E-state index is 13.8. The van der Waals surface area contributed by atoms with Crippen LogP contribution in [0.15, 0.2) is 36.8 Å². The van der Waals surface area contributed by atoms with Crippen LogP contribution >= 0.6 is 0 Å². The third-order valence-electron chi connectivity index (χ3n) is 4.87. The van der Waals surface area contributed by atoms with Crippen molar-refractivity contribution in [1.29, 1.82) is 0 Å². The van der Waals surface area contributed by atoms with E-state index in [0.717, 1.165) is 19.3 Å². The number of aromatic nitrogens is 4. The number of anilines is 3. The fourth-order valence-corrected chi connectivity index (χ4v) is 3.05. The molecule has 4 rings (SSSR count). The van der Waals surface area contributed by atoms with Gasteiger partial charge in [-0.1, -0.05) is 0 Å². The number of benzene rings is 1. The van der Waals surface area contributed by atoms with Crippen molar-refractivity contribution in [3.05, 3.63) is 59.8 Å². The van der Waals surface area contributed by atoms with E-state index >= 15 is 0 Å². The smallest absolute Gasteiger partial charge is 0.241 e. The molecule has 1 aliphatic rings. The number of carbonyl (C=O) groups excluding carboxylic acids is 1. The number of hydrogen-bond acceptors (Lipinski definition) is 6. The van der Waals surface area contributed by atoms with E-state index in [-0.39, 0.29) is 36.6 Å². The lowest BCUT2D eigenvalue weighted by molar-refractivity contribution is -0.123. The Morgan fingerprint density at radius 1 is 1.19 bits per heavy atom. The first-order valence-corrected chi connectivity index (χ1v) is 9.75. The molecule has 1 aliphatic carbocycles. The number of nitrogens with one attached hydrogen (secondary N) is 3. The zero-order chi connectivity index (χ0) is 21.8. The van der Waals surface area contributed by atoms with Crippen LogP contribution in [0.3, 0.4) is 0 Å². The van der Waals surface area contributed by atoms with Crippen molar-refractivity contribution >= 4 is 23.4 Å². The molecular formula is C20H20F3N7O. The number of amides is 1. The van der Waals surface area contributed by atoms with E-state index in [4.69, 9.17) is 0 Å². The molecule has 3 aromatic rings. The molecule has 1 fully saturated rings. The first kappa shape index (κ1) is 20.6. The van der Waals surface area contributed by atoms with Gasteiger partial charge in [0, 0.05) is 42.7 Å². The molecule has 1 aromatic carbocycles. The van der Waals surface area contributed by atoms with Crippen LogP contribution in [0.2, 0.25) is 0 Å². The fraction of sp³-hybridized carbons (Fsp3) is 0.300. The van der Waals surface area contributed by atoms with Crippen molar-refractivity contribution in [2.75, 3.05) is 10.6 Å². The van der Waals surface area contributed by atoms with E-state index in [1.807, 2.05) is 0 Å². The van der Waals surface area contributed by atoms with E-state index < -0.39 is 17.5 Å². The fourth-order valence-electron chi connectivity index (χ4n) is 3.05. The van der Waals surface area contributed by atoms with Crippen molar-refractivity contribution in [2.45, 2.75) is 38.4 Å². The van der Waals surface area contributed by atoms with Gasteiger partial charge in [-0.2, -0.15) is 10.1 Å². The minimum absolute atomic E-state index is 0.0953. The zero-order valence-corrected chi connectivity index (χ0v) is 16.4. The van der Waals surface area contributed by atoms with Crippen molar-refractivity contribution in [2.24, 2.45) is 0 Å². The van der Waals surface area contributed by atoms with Gasteiger partial charge in [-0.15, -0.1) is 0 Å². The van der Waals surface area contributed by atoms with Gasteiger partial charge in [0.25, 0.3) is 0 Å². The monoisotopic (exact) mass is 431 g/mol. The molecule has 2 aromatic heterocycles. The van der Waals surface area contributed by atoms with Crippen LogP contribution < -0.4 is 16.0 Å². The summed E-state index contributed by atoms with van der Waals surface area (Å²) in [6.07, 6.45) is 7.81. The van der Waals surface area contributed by atoms with Gasteiger partial charge in [0.1, 0.15) is 29.8 Å². The Balaban J connectivity index is 1.34. The van der Waals surface area contributed by atoms with Gasteiger partial charge in [0.2, 0.25) is 11.9 Å². The van der Waals surface area contributed by atoms with Crippen LogP contribution in [-0.2, 0) is 17.9 Å². The van der Waals surface area contributed by atoms with E-state index in [0.29, 0.717) is 23.6 Å². The van der Waals surface area contributed by atoms with Crippen molar-refractivity contribution in [3.63, 3.8) is 0 Å². The second kappa shape index (κ2) is 9.02. The largest absolute Gasteiger partial charge is 0.366 e. The summed E-state index contributed by atoms with van der Waals surface area (Å²) in [5.41, 5.74) is 0.278. The standard InChI is InChI=1S/C20H20F3N7O/c21-12-6-16(22)15(17(23)7-12)9-25-18-4-5-24-20(29-18)28-14-8-26-30(10-14)11-19(31)27-13-2-1-3-13/h4-8,10,13H,1-3,9,11H2,(H,27,31)(H2,24,25,28,29). The van der Waals surface area contributed by atoms with E-state index in [1.54, 1.807) is 6.20 Å². The lowest BCUT2D eigenvalue weighted by Gasteiger charge is -2.26. The lowest BCUT2D eigenvalue weighted by Crippen LogP contribution is -2.41. The summed E-state index contributed by atoms with van der Waals surface area (Å²) in [7, 11) is 0. The maximum Gasteiger partial charge on any atom is 0.241 e. The minimum atomic E-state index is -0.980. The molecule has 31 heavy (non-hydrogen) atoms. The summed E-state index contributed by atoms with van der Waals surface area (Å²) in [5.74, 6) is -2.50. The Morgan fingerprint density at radius 3 is 2.68 bits per heavy atom. The summed E-state index contributed by atoms with van der Waals surface area (Å²) >= 11 is 0. The molecule has 0 unspecified atom stereocenters. The van der Waals surface area contributed by atoms with E-state index in [9.17, 15) is 18.0 Å². The molecule has 0 atom stereocenters. The second-order valence-electron chi connectivity index (χ2n) is 7.21. The van der Waals surface area contributed by atoms with Gasteiger partial charge in [0.05, 0.1) is 11.9 Å². The van der Waals surface area contributed by atoms with Gasteiger partial charge in [-0.3, -0.25) is 9.48 Å². The minimum Gasteiger partial charge on any atom is -0.366 e. The predicted octanol–water partition coefficient (Wildman–Crippen LogP) is 3.11. The molecule has 2 heterocycles. The molecule has 8 nitrogen and oxygen atoms in total. The highest BCUT2D eigenvalue weighted by Crippen LogP contribution is 2.19. The molecule has 1 amide bonds. The quantitative estimate of drug-likeness (QED) is 0.507. The highest BCUT2D eigenvalue weighted by Gasteiger charge is 2.19. The lowest BCUT2D eigenvalue weighted by atomic mass is 9.93. The van der Waals surface area contributed by atoms with Gasteiger partial charge >= 0.3 is 0 Å². The molecule has 0 aliphatic heterocycles. The molecule has 0 spiro atoms. The Hall–Kier alpha value is -3.63. The normalized spacial score (nSPS) is 13.5. The first-order chi connectivity index (χ1) is 15.0. The average molecular weight is 431 g/mol. The Morgan fingerprint density at radius 2 is 1.97 bits per heavy atom. The van der Waals surface area contributed by atoms with Gasteiger partial charge in [-0.25, -0.2) is 18.2 Å². The second-order valence-corrected chi connectivity index (χ2v) is 7.21. The molecule has 0 radical (unpaired) electrons. The number of rotatable bonds is 8. The number of hydrogen-bond donors (Lipinski definition) is 3. The van der Waals surface area contributed by atoms with Crippen molar-refractivity contribution in [1.82, 2.24) is 25.1 Å². The summed E-state index contributed by atoms with van der Waals surface area (Å²) in [6, 6.07) is 3.04. The first-order valence-electron chi connectivity index (χ1n) is 9.75. The third-order valence-corrected chi connectivity index (χ3v) is 4.87. The Bertz CT molecular complexity index is 1060. The number of nitrogens with zero attached hydrogens (tertiary/aromatic N) is 4. The van der Waals surface area contributed by atoms with Crippen molar-refractivity contribution < 1.29 is 18.0 Å². The maximum atomic E-state index is 13.8. The highest BCUT2D eigenvalue weighted by molar-refractivity contribution is 5.76. The third kappa shape index (κ3) is 5.30. The van der Waals surface area contributed by atoms with Crippen LogP contribution in [0.5, 0.6) is 0 Å². The van der Waals surface area contributed by atoms with Gasteiger partial charge < -0.3 is 16.0 Å². The van der Waals surface area contributed by atoms with Crippen LogP contribution in [0.1, 0.15) is 24.8 Å². The Labute approximate surface area is 175 Å². The number of halogens is 3. The Kier molecular flexibility index (Phi) is 6.01. The molecule has 3 N–H and O–H groups in total. The van der Waals surface area contributed by atoms with Crippen LogP contribution in [0.25, 0.3) is 0 Å². The van der Waals surface area contributed by atoms with Crippen LogP contribution in [-0.4, -0.2) is 31.7 Å². The molecule has 162 valence electrons. The van der Waals surface area contributed by atoms with Crippen LogP contribution in [0.4, 0.5) is 30.6 Å².